The molecule has 1 aliphatic rings. The van der Waals surface area contributed by atoms with Gasteiger partial charge in [-0.05, 0) is 11.8 Å². The minimum atomic E-state index is -0.195. The molecule has 1 aliphatic heterocycles. The van der Waals surface area contributed by atoms with Crippen LogP contribution in [-0.2, 0) is 9.47 Å². The van der Waals surface area contributed by atoms with E-state index in [-0.39, 0.29) is 17.8 Å². The molecule has 1 saturated heterocycles. The van der Waals surface area contributed by atoms with Gasteiger partial charge in [0.25, 0.3) is 0 Å². The SMILES string of the molecule is CC(C)(C)[C@@H]1CCOC(c2ccccc2)O1. The lowest BCUT2D eigenvalue weighted by atomic mass is 9.87. The third-order valence-corrected chi connectivity index (χ3v) is 2.97. The number of hydrogen-bond acceptors (Lipinski definition) is 2. The third-order valence-electron chi connectivity index (χ3n) is 2.97. The van der Waals surface area contributed by atoms with Crippen molar-refractivity contribution in [2.45, 2.75) is 39.6 Å². The van der Waals surface area contributed by atoms with E-state index in [0.29, 0.717) is 0 Å². The Morgan fingerprint density at radius 1 is 1.12 bits per heavy atom. The zero-order valence-electron chi connectivity index (χ0n) is 10.3. The molecule has 2 atom stereocenters. The van der Waals surface area contributed by atoms with Gasteiger partial charge < -0.3 is 9.47 Å². The smallest absolute Gasteiger partial charge is 0.184 e. The van der Waals surface area contributed by atoms with Crippen LogP contribution in [-0.4, -0.2) is 12.7 Å². The van der Waals surface area contributed by atoms with Gasteiger partial charge in [0.15, 0.2) is 6.29 Å². The van der Waals surface area contributed by atoms with E-state index in [0.717, 1.165) is 18.6 Å². The van der Waals surface area contributed by atoms with Crippen molar-refractivity contribution in [1.82, 2.24) is 0 Å². The molecule has 2 heteroatoms. The standard InChI is InChI=1S/C14H20O2/c1-14(2,3)12-9-10-15-13(16-12)11-7-5-4-6-8-11/h4-8,12-13H,9-10H2,1-3H3/t12-,13?/m0/s1. The van der Waals surface area contributed by atoms with Gasteiger partial charge in [0, 0.05) is 5.56 Å². The Morgan fingerprint density at radius 2 is 1.81 bits per heavy atom. The van der Waals surface area contributed by atoms with Crippen molar-refractivity contribution in [3.63, 3.8) is 0 Å². The highest BCUT2D eigenvalue weighted by molar-refractivity contribution is 5.16. The molecule has 0 saturated carbocycles. The van der Waals surface area contributed by atoms with E-state index in [1.54, 1.807) is 0 Å². The van der Waals surface area contributed by atoms with E-state index >= 15 is 0 Å². The van der Waals surface area contributed by atoms with Gasteiger partial charge in [-0.15, -0.1) is 0 Å². The van der Waals surface area contributed by atoms with Crippen LogP contribution in [0.4, 0.5) is 0 Å². The predicted octanol–water partition coefficient (Wildman–Crippen LogP) is 3.54. The molecule has 0 N–H and O–H groups in total. The Labute approximate surface area is 97.6 Å². The largest absolute Gasteiger partial charge is 0.348 e. The van der Waals surface area contributed by atoms with Crippen LogP contribution in [0, 0.1) is 5.41 Å². The molecule has 0 spiro atoms. The van der Waals surface area contributed by atoms with Crippen LogP contribution in [0.2, 0.25) is 0 Å². The first-order valence-corrected chi connectivity index (χ1v) is 5.89. The van der Waals surface area contributed by atoms with E-state index in [2.05, 4.69) is 32.9 Å². The molecule has 1 unspecified atom stereocenters. The van der Waals surface area contributed by atoms with Gasteiger partial charge in [-0.1, -0.05) is 51.1 Å². The number of hydrogen-bond donors (Lipinski definition) is 0. The molecule has 0 aliphatic carbocycles. The Balaban J connectivity index is 2.08. The minimum absolute atomic E-state index is 0.177. The molecule has 0 aromatic heterocycles. The van der Waals surface area contributed by atoms with Crippen LogP contribution < -0.4 is 0 Å². The zero-order valence-corrected chi connectivity index (χ0v) is 10.3. The quantitative estimate of drug-likeness (QED) is 0.720. The fourth-order valence-corrected chi connectivity index (χ4v) is 1.96. The van der Waals surface area contributed by atoms with E-state index in [9.17, 15) is 0 Å². The molecule has 0 radical (unpaired) electrons. The van der Waals surface area contributed by atoms with Gasteiger partial charge >= 0.3 is 0 Å². The summed E-state index contributed by atoms with van der Waals surface area (Å²) >= 11 is 0. The normalized spacial score (nSPS) is 26.7. The summed E-state index contributed by atoms with van der Waals surface area (Å²) < 4.78 is 11.7. The van der Waals surface area contributed by atoms with E-state index in [1.165, 1.54) is 0 Å². The van der Waals surface area contributed by atoms with Crippen molar-refractivity contribution in [3.05, 3.63) is 35.9 Å². The summed E-state index contributed by atoms with van der Waals surface area (Å²) in [5.41, 5.74) is 1.29. The maximum Gasteiger partial charge on any atom is 0.184 e. The molecule has 1 aromatic carbocycles. The summed E-state index contributed by atoms with van der Waals surface area (Å²) in [6.07, 6.45) is 1.05. The lowest BCUT2D eigenvalue weighted by Gasteiger charge is -2.38. The van der Waals surface area contributed by atoms with Gasteiger partial charge in [0.2, 0.25) is 0 Å². The van der Waals surface area contributed by atoms with Crippen molar-refractivity contribution in [3.8, 4) is 0 Å². The summed E-state index contributed by atoms with van der Waals surface area (Å²) in [4.78, 5) is 0. The Bertz CT molecular complexity index is 326. The van der Waals surface area contributed by atoms with Gasteiger partial charge in [0.1, 0.15) is 0 Å². The maximum atomic E-state index is 6.01. The Kier molecular flexibility index (Phi) is 3.31. The number of benzene rings is 1. The summed E-state index contributed by atoms with van der Waals surface area (Å²) in [6.45, 7) is 7.42. The molecule has 2 nitrogen and oxygen atoms in total. The average Bonchev–Trinajstić information content (AvgIpc) is 2.29. The second-order valence-electron chi connectivity index (χ2n) is 5.39. The first-order valence-electron chi connectivity index (χ1n) is 5.89. The number of ether oxygens (including phenoxy) is 2. The summed E-state index contributed by atoms with van der Waals surface area (Å²) in [5.74, 6) is 0. The molecule has 88 valence electrons. The van der Waals surface area contributed by atoms with Crippen LogP contribution >= 0.6 is 0 Å². The highest BCUT2D eigenvalue weighted by atomic mass is 16.7. The second-order valence-corrected chi connectivity index (χ2v) is 5.39. The summed E-state index contributed by atoms with van der Waals surface area (Å²) in [7, 11) is 0. The zero-order chi connectivity index (χ0) is 11.6. The van der Waals surface area contributed by atoms with Gasteiger partial charge in [-0.2, -0.15) is 0 Å². The molecule has 2 rings (SSSR count). The maximum absolute atomic E-state index is 6.01. The van der Waals surface area contributed by atoms with E-state index in [4.69, 9.17) is 9.47 Å². The van der Waals surface area contributed by atoms with Crippen LogP contribution in [0.25, 0.3) is 0 Å². The monoisotopic (exact) mass is 220 g/mol. The summed E-state index contributed by atoms with van der Waals surface area (Å²) in [5, 5.41) is 0. The highest BCUT2D eigenvalue weighted by Crippen LogP contribution is 2.34. The van der Waals surface area contributed by atoms with Gasteiger partial charge in [0.05, 0.1) is 12.7 Å². The average molecular weight is 220 g/mol. The lowest BCUT2D eigenvalue weighted by molar-refractivity contribution is -0.238. The molecule has 0 bridgehead atoms. The molecule has 1 heterocycles. The second kappa shape index (κ2) is 4.56. The summed E-state index contributed by atoms with van der Waals surface area (Å²) in [6, 6.07) is 10.1. The number of rotatable bonds is 1. The van der Waals surface area contributed by atoms with Crippen LogP contribution in [0.3, 0.4) is 0 Å². The van der Waals surface area contributed by atoms with Crippen molar-refractivity contribution >= 4 is 0 Å². The molecule has 0 amide bonds. The third kappa shape index (κ3) is 2.63. The first-order chi connectivity index (χ1) is 7.57. The molecular weight excluding hydrogens is 200 g/mol. The van der Waals surface area contributed by atoms with Crippen molar-refractivity contribution in [2.75, 3.05) is 6.61 Å². The van der Waals surface area contributed by atoms with Crippen LogP contribution in [0.15, 0.2) is 30.3 Å². The molecule has 16 heavy (non-hydrogen) atoms. The fraction of sp³-hybridized carbons (Fsp3) is 0.571. The van der Waals surface area contributed by atoms with E-state index < -0.39 is 0 Å². The van der Waals surface area contributed by atoms with Gasteiger partial charge in [-0.25, -0.2) is 0 Å². The molecular formula is C14H20O2. The molecule has 1 fully saturated rings. The van der Waals surface area contributed by atoms with Crippen molar-refractivity contribution < 1.29 is 9.47 Å². The molecule has 1 aromatic rings. The highest BCUT2D eigenvalue weighted by Gasteiger charge is 2.32. The van der Waals surface area contributed by atoms with Crippen molar-refractivity contribution in [1.29, 1.82) is 0 Å². The van der Waals surface area contributed by atoms with Crippen LogP contribution in [0.1, 0.15) is 39.0 Å². The van der Waals surface area contributed by atoms with Crippen molar-refractivity contribution in [2.24, 2.45) is 5.41 Å². The van der Waals surface area contributed by atoms with Gasteiger partial charge in [-0.3, -0.25) is 0 Å². The topological polar surface area (TPSA) is 18.5 Å². The lowest BCUT2D eigenvalue weighted by Crippen LogP contribution is -2.36. The predicted molar refractivity (Wildman–Crippen MR) is 64.1 cm³/mol. The fourth-order valence-electron chi connectivity index (χ4n) is 1.96. The van der Waals surface area contributed by atoms with E-state index in [1.807, 2.05) is 18.2 Å². The first kappa shape index (κ1) is 11.6. The Hall–Kier alpha value is -0.860. The minimum Gasteiger partial charge on any atom is -0.348 e. The Morgan fingerprint density at radius 3 is 2.44 bits per heavy atom. The van der Waals surface area contributed by atoms with Crippen LogP contribution in [0.5, 0.6) is 0 Å².